The third-order valence-electron chi connectivity index (χ3n) is 5.38. The quantitative estimate of drug-likeness (QED) is 0.447. The minimum absolute atomic E-state index is 0.0571. The van der Waals surface area contributed by atoms with Crippen molar-refractivity contribution in [2.24, 2.45) is 9.36 Å². The number of aliphatic imine (C=N–C) groups is 1. The third kappa shape index (κ3) is 6.29. The summed E-state index contributed by atoms with van der Waals surface area (Å²) in [5, 5.41) is 2.44. The smallest absolute Gasteiger partial charge is 0.413 e. The van der Waals surface area contributed by atoms with Crippen molar-refractivity contribution < 1.29 is 31.3 Å². The van der Waals surface area contributed by atoms with E-state index in [1.54, 1.807) is 20.8 Å². The molecule has 0 radical (unpaired) electrons. The van der Waals surface area contributed by atoms with Gasteiger partial charge in [-0.15, -0.1) is 6.42 Å². The van der Waals surface area contributed by atoms with E-state index >= 15 is 0 Å². The molecule has 1 aliphatic heterocycles. The summed E-state index contributed by atoms with van der Waals surface area (Å²) in [4.78, 5) is 17.1. The zero-order valence-corrected chi connectivity index (χ0v) is 20.8. The van der Waals surface area contributed by atoms with E-state index in [1.807, 2.05) is 0 Å². The number of terminal acetylenes is 1. The first-order valence-electron chi connectivity index (χ1n) is 10.5. The molecule has 2 atom stereocenters. The van der Waals surface area contributed by atoms with E-state index < -0.39 is 50.2 Å². The van der Waals surface area contributed by atoms with Crippen molar-refractivity contribution in [3.8, 4) is 12.3 Å². The Balaban J connectivity index is 2.73. The molecule has 1 heterocycles. The number of alkyl halides is 3. The van der Waals surface area contributed by atoms with E-state index in [9.17, 15) is 26.6 Å². The molecule has 34 heavy (non-hydrogen) atoms. The number of halogens is 4. The van der Waals surface area contributed by atoms with Crippen LogP contribution in [0, 0.1) is 18.2 Å². The van der Waals surface area contributed by atoms with Crippen LogP contribution in [0.5, 0.6) is 0 Å². The molecule has 0 aliphatic carbocycles. The SMILES string of the molecule is C#Cc1ccc(F)c([C@]2(C)CC[S@@](=O)(=NCC(F)(F)F)C(C)(C)C(NC(=O)OC(C)(C)C)=N2)c1. The highest BCUT2D eigenvalue weighted by molar-refractivity contribution is 7.95. The highest BCUT2D eigenvalue weighted by atomic mass is 32.2. The number of rotatable bonds is 2. The molecule has 1 aromatic carbocycles. The third-order valence-corrected chi connectivity index (χ3v) is 8.47. The molecule has 0 fully saturated rings. The average molecular weight is 504 g/mol. The molecular formula is C23H29F4N3O3S. The topological polar surface area (TPSA) is 80.1 Å². The van der Waals surface area contributed by atoms with Crippen molar-refractivity contribution >= 4 is 21.7 Å². The minimum atomic E-state index is -4.68. The fourth-order valence-corrected chi connectivity index (χ4v) is 5.78. The lowest BCUT2D eigenvalue weighted by Crippen LogP contribution is -2.51. The lowest BCUT2D eigenvalue weighted by atomic mass is 9.88. The number of amides is 1. The number of alkyl carbamates (subject to hydrolysis) is 1. The number of hydrogen-bond acceptors (Lipinski definition) is 5. The van der Waals surface area contributed by atoms with Gasteiger partial charge in [0.2, 0.25) is 0 Å². The van der Waals surface area contributed by atoms with Gasteiger partial charge in [-0.05, 0) is 66.2 Å². The zero-order chi connectivity index (χ0) is 26.2. The van der Waals surface area contributed by atoms with Gasteiger partial charge in [-0.3, -0.25) is 10.3 Å². The maximum Gasteiger partial charge on any atom is 0.413 e. The Morgan fingerprint density at radius 3 is 2.44 bits per heavy atom. The van der Waals surface area contributed by atoms with Gasteiger partial charge in [-0.1, -0.05) is 5.92 Å². The number of nitrogens with one attached hydrogen (secondary N) is 1. The summed E-state index contributed by atoms with van der Waals surface area (Å²) in [6, 6.07) is 3.96. The van der Waals surface area contributed by atoms with E-state index in [0.717, 1.165) is 6.07 Å². The Labute approximate surface area is 197 Å². The molecule has 0 saturated heterocycles. The molecule has 0 saturated carbocycles. The van der Waals surface area contributed by atoms with Crippen molar-refractivity contribution in [1.82, 2.24) is 5.32 Å². The van der Waals surface area contributed by atoms with E-state index in [4.69, 9.17) is 11.2 Å². The molecule has 0 bridgehead atoms. The normalized spacial score (nSPS) is 24.9. The van der Waals surface area contributed by atoms with Gasteiger partial charge < -0.3 is 4.74 Å². The molecule has 6 nitrogen and oxygen atoms in total. The molecule has 0 unspecified atom stereocenters. The molecular weight excluding hydrogens is 474 g/mol. The van der Waals surface area contributed by atoms with Gasteiger partial charge in [0.15, 0.2) is 0 Å². The molecule has 2 rings (SSSR count). The van der Waals surface area contributed by atoms with Crippen LogP contribution in [0.4, 0.5) is 22.4 Å². The summed E-state index contributed by atoms with van der Waals surface area (Å²) in [5.74, 6) is 1.20. The van der Waals surface area contributed by atoms with Crippen molar-refractivity contribution in [1.29, 1.82) is 0 Å². The van der Waals surface area contributed by atoms with Crippen LogP contribution in [0.2, 0.25) is 0 Å². The van der Waals surface area contributed by atoms with Crippen LogP contribution in [-0.4, -0.2) is 45.0 Å². The Morgan fingerprint density at radius 1 is 1.29 bits per heavy atom. The predicted molar refractivity (Wildman–Crippen MR) is 124 cm³/mol. The summed E-state index contributed by atoms with van der Waals surface area (Å²) >= 11 is 0. The van der Waals surface area contributed by atoms with Gasteiger partial charge in [0.25, 0.3) is 0 Å². The lowest BCUT2D eigenvalue weighted by molar-refractivity contribution is -0.117. The maximum absolute atomic E-state index is 14.9. The van der Waals surface area contributed by atoms with Crippen LogP contribution in [-0.2, 0) is 20.0 Å². The van der Waals surface area contributed by atoms with Gasteiger partial charge in [0, 0.05) is 16.9 Å². The Morgan fingerprint density at radius 2 is 1.91 bits per heavy atom. The standard InChI is InChI=1S/C23H29F4N3O3S/c1-8-15-9-10-17(24)16(13-15)22(7)11-12-34(32,28-14-23(25,26)27)21(5,6)18(30-22)29-19(31)33-20(2,3)4/h1,9-10,13H,11-12,14H2,2-7H3,(H,29,30,31)/t22-,34-/m0/s1. The summed E-state index contributed by atoms with van der Waals surface area (Å²) in [7, 11) is -3.64. The van der Waals surface area contributed by atoms with Gasteiger partial charge in [-0.25, -0.2) is 17.8 Å². The first-order valence-corrected chi connectivity index (χ1v) is 12.1. The summed E-state index contributed by atoms with van der Waals surface area (Å²) in [6.45, 7) is 7.54. The average Bonchev–Trinajstić information content (AvgIpc) is 2.75. The number of nitrogens with zero attached hydrogens (tertiary/aromatic N) is 2. The Hall–Kier alpha value is -2.61. The van der Waals surface area contributed by atoms with E-state index in [1.165, 1.54) is 32.9 Å². The van der Waals surface area contributed by atoms with Crippen molar-refractivity contribution in [3.05, 3.63) is 35.1 Å². The molecule has 0 spiro atoms. The van der Waals surface area contributed by atoms with Crippen LogP contribution in [0.3, 0.4) is 0 Å². The molecule has 11 heteroatoms. The second-order valence-corrected chi connectivity index (χ2v) is 12.7. The van der Waals surface area contributed by atoms with Crippen LogP contribution >= 0.6 is 0 Å². The van der Waals surface area contributed by atoms with Crippen molar-refractivity contribution in [2.45, 2.75) is 70.0 Å². The number of benzene rings is 1. The molecule has 1 N–H and O–H groups in total. The van der Waals surface area contributed by atoms with Crippen LogP contribution < -0.4 is 5.32 Å². The minimum Gasteiger partial charge on any atom is -0.444 e. The van der Waals surface area contributed by atoms with Gasteiger partial charge in [0.05, 0.1) is 15.3 Å². The highest BCUT2D eigenvalue weighted by Gasteiger charge is 2.46. The summed E-state index contributed by atoms with van der Waals surface area (Å²) in [6.07, 6.45) is -0.295. The molecule has 1 amide bonds. The summed E-state index contributed by atoms with van der Waals surface area (Å²) < 4.78 is 74.8. The second-order valence-electron chi connectivity index (χ2n) is 9.71. The summed E-state index contributed by atoms with van der Waals surface area (Å²) in [5.41, 5.74) is -1.88. The Kier molecular flexibility index (Phi) is 7.48. The van der Waals surface area contributed by atoms with Crippen molar-refractivity contribution in [3.63, 3.8) is 0 Å². The van der Waals surface area contributed by atoms with Crippen molar-refractivity contribution in [2.75, 3.05) is 12.3 Å². The van der Waals surface area contributed by atoms with Crippen LogP contribution in [0.25, 0.3) is 0 Å². The number of carbonyl (C=O) groups excluding carboxylic acids is 1. The number of carbonyl (C=O) groups is 1. The van der Waals surface area contributed by atoms with E-state index in [0.29, 0.717) is 5.56 Å². The fraction of sp³-hybridized carbons (Fsp3) is 0.565. The molecule has 1 aliphatic rings. The number of amidine groups is 1. The maximum atomic E-state index is 14.9. The molecule has 1 aromatic rings. The monoisotopic (exact) mass is 503 g/mol. The van der Waals surface area contributed by atoms with Crippen LogP contribution in [0.15, 0.2) is 27.6 Å². The van der Waals surface area contributed by atoms with Gasteiger partial charge in [-0.2, -0.15) is 13.2 Å². The first kappa shape index (κ1) is 27.6. The highest BCUT2D eigenvalue weighted by Crippen LogP contribution is 2.39. The molecule has 0 aromatic heterocycles. The van der Waals surface area contributed by atoms with Crippen LogP contribution in [0.1, 0.15) is 59.1 Å². The largest absolute Gasteiger partial charge is 0.444 e. The van der Waals surface area contributed by atoms with Gasteiger partial charge >= 0.3 is 12.3 Å². The van der Waals surface area contributed by atoms with E-state index in [-0.39, 0.29) is 23.6 Å². The number of hydrogen-bond donors (Lipinski definition) is 1. The lowest BCUT2D eigenvalue weighted by Gasteiger charge is -2.30. The van der Waals surface area contributed by atoms with Gasteiger partial charge in [0.1, 0.15) is 28.5 Å². The zero-order valence-electron chi connectivity index (χ0n) is 20.0. The number of ether oxygens (including phenoxy) is 1. The van der Waals surface area contributed by atoms with E-state index in [2.05, 4.69) is 20.6 Å². The molecule has 188 valence electrons. The second kappa shape index (κ2) is 9.21. The fourth-order valence-electron chi connectivity index (χ4n) is 3.39. The first-order chi connectivity index (χ1) is 15.3. The Bertz CT molecular complexity index is 1150. The predicted octanol–water partition coefficient (Wildman–Crippen LogP) is 5.16.